The van der Waals surface area contributed by atoms with Crippen molar-refractivity contribution in [3.05, 3.63) is 12.8 Å². The molecule has 54 valence electrons. The molecule has 0 aliphatic carbocycles. The Bertz CT molecular complexity index is 62.0. The van der Waals surface area contributed by atoms with Crippen LogP contribution in [0.5, 0.6) is 0 Å². The Kier molecular flexibility index (Phi) is 19.0. The highest BCUT2D eigenvalue weighted by atomic mass is 16.5. The van der Waals surface area contributed by atoms with Gasteiger partial charge in [-0.2, -0.15) is 0 Å². The molecule has 0 amide bonds. The monoisotopic (exact) mass is 134 g/mol. The van der Waals surface area contributed by atoms with Crippen LogP contribution in [-0.4, -0.2) is 29.9 Å². The molecule has 0 aromatic heterocycles. The number of aliphatic hydroxyl groups excluding tert-OH is 1. The minimum absolute atomic E-state index is 0.0615. The summed E-state index contributed by atoms with van der Waals surface area (Å²) in [6.45, 7) is 3.43. The predicted octanol–water partition coefficient (Wildman–Crippen LogP) is -0.160. The first-order valence-electron chi connectivity index (χ1n) is 2.24. The van der Waals surface area contributed by atoms with Gasteiger partial charge in [0.15, 0.2) is 0 Å². The van der Waals surface area contributed by atoms with Crippen molar-refractivity contribution in [3.8, 4) is 0 Å². The van der Waals surface area contributed by atoms with Crippen molar-refractivity contribution in [1.82, 2.24) is 0 Å². The molecule has 0 saturated carbocycles. The van der Waals surface area contributed by atoms with Crippen LogP contribution in [0.1, 0.15) is 0 Å². The second-order valence-corrected chi connectivity index (χ2v) is 0.866. The zero-order valence-corrected chi connectivity index (χ0v) is 4.99. The van der Waals surface area contributed by atoms with Crippen molar-refractivity contribution in [2.75, 3.05) is 13.2 Å². The quantitative estimate of drug-likeness (QED) is 0.320. The molecule has 0 heterocycles. The highest BCUT2D eigenvalue weighted by Gasteiger charge is 1.69. The highest BCUT2D eigenvalue weighted by molar-refractivity contribution is 5.32. The summed E-state index contributed by atoms with van der Waals surface area (Å²) in [7, 11) is 0. The maximum Gasteiger partial charge on any atom is 0.290 e. The van der Waals surface area contributed by atoms with Crippen LogP contribution in [0.2, 0.25) is 0 Å². The first-order valence-corrected chi connectivity index (χ1v) is 2.24. The Morgan fingerprint density at radius 3 is 2.22 bits per heavy atom. The molecule has 0 bridgehead atoms. The van der Waals surface area contributed by atoms with Gasteiger partial charge in [-0.05, 0) is 0 Å². The summed E-state index contributed by atoms with van der Waals surface area (Å²) >= 11 is 0. The highest BCUT2D eigenvalue weighted by Crippen LogP contribution is 1.67. The van der Waals surface area contributed by atoms with Gasteiger partial charge in [0.2, 0.25) is 0 Å². The first kappa shape index (κ1) is 10.9. The fourth-order valence-electron chi connectivity index (χ4n) is 0.136. The van der Waals surface area contributed by atoms with E-state index in [1.807, 2.05) is 0 Å². The van der Waals surface area contributed by atoms with Crippen LogP contribution in [0.25, 0.3) is 0 Å². The van der Waals surface area contributed by atoms with Crippen molar-refractivity contribution in [3.63, 3.8) is 0 Å². The fraction of sp³-hybridized carbons (Fsp3) is 0.400. The Hall–Kier alpha value is -1.03. The molecule has 4 nitrogen and oxygen atoms in total. The molecule has 0 fully saturated rings. The molecule has 2 N–H and O–H groups in total. The lowest BCUT2D eigenvalue weighted by Crippen LogP contribution is -1.90. The molecule has 0 aliphatic heterocycles. The van der Waals surface area contributed by atoms with Gasteiger partial charge in [-0.25, -0.2) is 0 Å². The Morgan fingerprint density at radius 2 is 2.11 bits per heavy atom. The van der Waals surface area contributed by atoms with Crippen molar-refractivity contribution in [1.29, 1.82) is 0 Å². The molecule has 0 aromatic carbocycles. The average Bonchev–Trinajstić information content (AvgIpc) is 1.86. The Balaban J connectivity index is 0. The zero-order valence-electron chi connectivity index (χ0n) is 4.99. The van der Waals surface area contributed by atoms with E-state index in [0.29, 0.717) is 6.61 Å². The van der Waals surface area contributed by atoms with Crippen LogP contribution in [0, 0.1) is 0 Å². The van der Waals surface area contributed by atoms with Gasteiger partial charge in [0.1, 0.15) is 6.61 Å². The van der Waals surface area contributed by atoms with Crippen LogP contribution < -0.4 is 0 Å². The molecule has 9 heavy (non-hydrogen) atoms. The summed E-state index contributed by atoms with van der Waals surface area (Å²) in [5.41, 5.74) is 0. The smallest absolute Gasteiger partial charge is 0.290 e. The minimum atomic E-state index is -0.250. The molecule has 0 rings (SSSR count). The minimum Gasteiger partial charge on any atom is -0.499 e. The first-order chi connectivity index (χ1) is 4.33. The maximum atomic E-state index is 8.36. The third-order valence-electron chi connectivity index (χ3n) is 0.327. The van der Waals surface area contributed by atoms with Crippen molar-refractivity contribution in [2.24, 2.45) is 0 Å². The molecule has 4 heteroatoms. The van der Waals surface area contributed by atoms with Gasteiger partial charge < -0.3 is 14.9 Å². The van der Waals surface area contributed by atoms with E-state index in [4.69, 9.17) is 15.0 Å². The van der Waals surface area contributed by atoms with Crippen LogP contribution in [-0.2, 0) is 9.53 Å². The molecule has 0 aromatic rings. The third kappa shape index (κ3) is 44.4. The van der Waals surface area contributed by atoms with Crippen LogP contribution in [0.15, 0.2) is 12.8 Å². The van der Waals surface area contributed by atoms with Gasteiger partial charge in [0, 0.05) is 0 Å². The lowest BCUT2D eigenvalue weighted by molar-refractivity contribution is -0.122. The SMILES string of the molecule is C=COCCO.O=CO. The Labute approximate surface area is 53.4 Å². The summed E-state index contributed by atoms with van der Waals surface area (Å²) in [6, 6.07) is 0. The van der Waals surface area contributed by atoms with Gasteiger partial charge in [-0.1, -0.05) is 6.58 Å². The zero-order chi connectivity index (χ0) is 7.54. The number of rotatable bonds is 3. The number of hydrogen-bond donors (Lipinski definition) is 2. The van der Waals surface area contributed by atoms with E-state index in [1.165, 1.54) is 6.26 Å². The second kappa shape index (κ2) is 15.8. The third-order valence-corrected chi connectivity index (χ3v) is 0.327. The van der Waals surface area contributed by atoms with Gasteiger partial charge in [-0.15, -0.1) is 0 Å². The lowest BCUT2D eigenvalue weighted by Gasteiger charge is -1.89. The molecule has 0 atom stereocenters. The van der Waals surface area contributed by atoms with Crippen molar-refractivity contribution >= 4 is 6.47 Å². The van der Waals surface area contributed by atoms with Gasteiger partial charge in [0.25, 0.3) is 6.47 Å². The average molecular weight is 134 g/mol. The summed E-state index contributed by atoms with van der Waals surface area (Å²) in [4.78, 5) is 8.36. The predicted molar refractivity (Wildman–Crippen MR) is 31.9 cm³/mol. The molecule has 0 spiro atoms. The van der Waals surface area contributed by atoms with E-state index in [-0.39, 0.29) is 13.1 Å². The maximum absolute atomic E-state index is 8.36. The largest absolute Gasteiger partial charge is 0.499 e. The normalized spacial score (nSPS) is 6.33. The second-order valence-electron chi connectivity index (χ2n) is 0.866. The van der Waals surface area contributed by atoms with E-state index in [1.54, 1.807) is 0 Å². The lowest BCUT2D eigenvalue weighted by atomic mass is 10.8. The molecule has 0 radical (unpaired) electrons. The van der Waals surface area contributed by atoms with Crippen molar-refractivity contribution in [2.45, 2.75) is 0 Å². The van der Waals surface area contributed by atoms with E-state index in [2.05, 4.69) is 11.3 Å². The fourth-order valence-corrected chi connectivity index (χ4v) is 0.136. The van der Waals surface area contributed by atoms with Gasteiger partial charge in [0.05, 0.1) is 12.9 Å². The summed E-state index contributed by atoms with van der Waals surface area (Å²) in [5.74, 6) is 0. The number of carbonyl (C=O) groups is 1. The van der Waals surface area contributed by atoms with E-state index < -0.39 is 0 Å². The van der Waals surface area contributed by atoms with Crippen molar-refractivity contribution < 1.29 is 19.7 Å². The van der Waals surface area contributed by atoms with Crippen LogP contribution in [0.4, 0.5) is 0 Å². The van der Waals surface area contributed by atoms with Crippen LogP contribution in [0.3, 0.4) is 0 Å². The van der Waals surface area contributed by atoms with E-state index in [0.717, 1.165) is 0 Å². The summed E-state index contributed by atoms with van der Waals surface area (Å²) in [6.07, 6.45) is 1.30. The topological polar surface area (TPSA) is 66.8 Å². The number of carboxylic acid groups (broad SMARTS) is 1. The standard InChI is InChI=1S/C4H8O2.CH2O2/c1-2-6-4-3-5;2-1-3/h2,5H,1,3-4H2;1H,(H,2,3). The van der Waals surface area contributed by atoms with Gasteiger partial charge in [-0.3, -0.25) is 4.79 Å². The molecule has 0 unspecified atom stereocenters. The molecular weight excluding hydrogens is 124 g/mol. The molecular formula is C5H10O4. The Morgan fingerprint density at radius 1 is 1.67 bits per heavy atom. The molecule has 0 aliphatic rings. The number of aliphatic hydroxyl groups is 1. The van der Waals surface area contributed by atoms with E-state index in [9.17, 15) is 0 Å². The van der Waals surface area contributed by atoms with E-state index >= 15 is 0 Å². The van der Waals surface area contributed by atoms with Crippen LogP contribution >= 0.6 is 0 Å². The summed E-state index contributed by atoms with van der Waals surface area (Å²) in [5, 5.41) is 14.9. The molecule has 0 saturated heterocycles. The number of ether oxygens (including phenoxy) is 1. The summed E-state index contributed by atoms with van der Waals surface area (Å²) < 4.78 is 4.50. The number of hydrogen-bond acceptors (Lipinski definition) is 3. The van der Waals surface area contributed by atoms with Gasteiger partial charge >= 0.3 is 0 Å².